The summed E-state index contributed by atoms with van der Waals surface area (Å²) in [5, 5.41) is 12.8. The summed E-state index contributed by atoms with van der Waals surface area (Å²) in [7, 11) is -1.60. The molecule has 210 valence electrons. The molecule has 4 rings (SSSR count). The Hall–Kier alpha value is -2.68. The Balaban J connectivity index is 1.72. The van der Waals surface area contributed by atoms with Gasteiger partial charge in [-0.05, 0) is 102 Å². The summed E-state index contributed by atoms with van der Waals surface area (Å²) >= 11 is 0. The molecule has 4 aromatic rings. The molecule has 0 saturated carbocycles. The van der Waals surface area contributed by atoms with Crippen molar-refractivity contribution < 1.29 is 18.0 Å². The van der Waals surface area contributed by atoms with Gasteiger partial charge in [0.05, 0.1) is 6.61 Å². The predicted octanol–water partition coefficient (Wildman–Crippen LogP) is 9.91. The molecular formula is C34H45O4P. The van der Waals surface area contributed by atoms with E-state index >= 15 is 0 Å². The summed E-state index contributed by atoms with van der Waals surface area (Å²) in [5.74, 6) is 0.402. The van der Waals surface area contributed by atoms with Gasteiger partial charge in [0.25, 0.3) is 0 Å². The SMILES string of the molecule is CCc1cc(CC)c2op(OCCCc3cc(C)c(O)c(C(C)(C)C)c3)oc3c(CC)cc(CC)cc3c2c1. The Bertz CT molecular complexity index is 1430. The normalized spacial score (nSPS) is 12.0. The van der Waals surface area contributed by atoms with Crippen LogP contribution >= 0.6 is 8.24 Å². The molecule has 3 aromatic carbocycles. The van der Waals surface area contributed by atoms with Crippen molar-refractivity contribution in [2.45, 2.75) is 99.3 Å². The van der Waals surface area contributed by atoms with Crippen molar-refractivity contribution in [2.24, 2.45) is 0 Å². The molecule has 5 heteroatoms. The first-order valence-electron chi connectivity index (χ1n) is 14.5. The maximum absolute atomic E-state index is 10.6. The first-order valence-corrected chi connectivity index (χ1v) is 15.6. The number of phenols is 1. The molecule has 0 aliphatic carbocycles. The second kappa shape index (κ2) is 12.2. The van der Waals surface area contributed by atoms with E-state index in [1.807, 2.05) is 6.92 Å². The molecule has 0 radical (unpaired) electrons. The fraction of sp³-hybridized carbons (Fsp3) is 0.471. The number of rotatable bonds is 9. The molecule has 0 unspecified atom stereocenters. The highest BCUT2D eigenvalue weighted by Gasteiger charge is 2.20. The van der Waals surface area contributed by atoms with Crippen LogP contribution in [0.25, 0.3) is 21.9 Å². The quantitative estimate of drug-likeness (QED) is 0.212. The lowest BCUT2D eigenvalue weighted by atomic mass is 9.83. The molecule has 0 amide bonds. The van der Waals surface area contributed by atoms with Crippen LogP contribution in [0.15, 0.2) is 44.8 Å². The first kappa shape index (κ1) is 29.3. The highest BCUT2D eigenvalue weighted by atomic mass is 31.1. The monoisotopic (exact) mass is 548 g/mol. The number of hydrogen-bond acceptors (Lipinski definition) is 4. The zero-order valence-electron chi connectivity index (χ0n) is 25.0. The predicted molar refractivity (Wildman–Crippen MR) is 165 cm³/mol. The van der Waals surface area contributed by atoms with E-state index in [-0.39, 0.29) is 5.41 Å². The number of aryl methyl sites for hydroxylation is 6. The standard InChI is InChI=1S/C34H45O4P/c1-9-23-17-26(11-3)32-28(19-23)29-20-24(10-2)18-27(12-4)33(29)38-39(37-32)36-15-13-14-25-16-22(5)31(35)30(21-25)34(6,7)8/h16-21,35H,9-15H2,1-8H3. The fourth-order valence-electron chi connectivity index (χ4n) is 5.27. The van der Waals surface area contributed by atoms with Crippen molar-refractivity contribution >= 4 is 30.2 Å². The molecular weight excluding hydrogens is 503 g/mol. The maximum atomic E-state index is 10.6. The van der Waals surface area contributed by atoms with E-state index in [2.05, 4.69) is 84.9 Å². The molecule has 0 fully saturated rings. The number of benzene rings is 3. The smallest absolute Gasteiger partial charge is 0.387 e. The summed E-state index contributed by atoms with van der Waals surface area (Å²) in [4.78, 5) is 0. The van der Waals surface area contributed by atoms with E-state index in [1.54, 1.807) is 0 Å². The van der Waals surface area contributed by atoms with Crippen LogP contribution < -0.4 is 4.52 Å². The molecule has 1 N–H and O–H groups in total. The Morgan fingerprint density at radius 3 is 1.74 bits per heavy atom. The van der Waals surface area contributed by atoms with Crippen LogP contribution in [-0.4, -0.2) is 11.7 Å². The van der Waals surface area contributed by atoms with Crippen LogP contribution in [0.4, 0.5) is 0 Å². The number of fused-ring (bicyclic) bond motifs is 3. The third kappa shape index (κ3) is 6.39. The van der Waals surface area contributed by atoms with Crippen molar-refractivity contribution in [3.8, 4) is 5.75 Å². The van der Waals surface area contributed by atoms with Gasteiger partial charge < -0.3 is 13.5 Å². The van der Waals surface area contributed by atoms with E-state index in [0.29, 0.717) is 12.4 Å². The third-order valence-electron chi connectivity index (χ3n) is 7.63. The molecule has 4 nitrogen and oxygen atoms in total. The summed E-state index contributed by atoms with van der Waals surface area (Å²) in [6, 6.07) is 13.3. The summed E-state index contributed by atoms with van der Waals surface area (Å²) in [5.41, 5.74) is 9.83. The Labute approximate surface area is 235 Å². The first-order chi connectivity index (χ1) is 18.6. The molecule has 0 spiro atoms. The van der Waals surface area contributed by atoms with Gasteiger partial charge in [0, 0.05) is 10.8 Å². The summed E-state index contributed by atoms with van der Waals surface area (Å²) in [6.07, 6.45) is 5.43. The number of aromatic hydroxyl groups is 1. The fourth-order valence-corrected chi connectivity index (χ4v) is 6.42. The van der Waals surface area contributed by atoms with Crippen molar-refractivity contribution in [3.63, 3.8) is 0 Å². The van der Waals surface area contributed by atoms with E-state index in [0.717, 1.165) is 71.6 Å². The van der Waals surface area contributed by atoms with E-state index in [9.17, 15) is 5.11 Å². The van der Waals surface area contributed by atoms with Gasteiger partial charge in [0.15, 0.2) is 0 Å². The minimum atomic E-state index is -1.60. The lowest BCUT2D eigenvalue weighted by Gasteiger charge is -2.22. The van der Waals surface area contributed by atoms with Gasteiger partial charge in [0.2, 0.25) is 0 Å². The van der Waals surface area contributed by atoms with Gasteiger partial charge in [-0.2, -0.15) is 0 Å². The zero-order valence-corrected chi connectivity index (χ0v) is 25.9. The molecule has 0 atom stereocenters. The zero-order chi connectivity index (χ0) is 28.3. The maximum Gasteiger partial charge on any atom is 0.387 e. The second-order valence-corrected chi connectivity index (χ2v) is 12.6. The van der Waals surface area contributed by atoms with Crippen molar-refractivity contribution in [1.29, 1.82) is 0 Å². The average molecular weight is 549 g/mol. The van der Waals surface area contributed by atoms with Gasteiger partial charge in [-0.3, -0.25) is 4.52 Å². The van der Waals surface area contributed by atoms with Gasteiger partial charge in [-0.25, -0.2) is 0 Å². The van der Waals surface area contributed by atoms with Gasteiger partial charge in [0.1, 0.15) is 16.9 Å². The van der Waals surface area contributed by atoms with Gasteiger partial charge >= 0.3 is 8.24 Å². The average Bonchev–Trinajstić information content (AvgIpc) is 3.07. The van der Waals surface area contributed by atoms with Crippen LogP contribution in [0.3, 0.4) is 0 Å². The van der Waals surface area contributed by atoms with Crippen molar-refractivity contribution in [3.05, 3.63) is 75.3 Å². The van der Waals surface area contributed by atoms with Crippen molar-refractivity contribution in [1.82, 2.24) is 0 Å². The highest BCUT2D eigenvalue weighted by Crippen LogP contribution is 2.39. The third-order valence-corrected chi connectivity index (χ3v) is 8.68. The molecule has 0 bridgehead atoms. The number of phenolic OH excluding ortho intramolecular Hbond substituents is 1. The Morgan fingerprint density at radius 2 is 1.28 bits per heavy atom. The molecule has 0 aliphatic heterocycles. The van der Waals surface area contributed by atoms with E-state index in [1.165, 1.54) is 27.8 Å². The van der Waals surface area contributed by atoms with Gasteiger partial charge in [-0.15, -0.1) is 0 Å². The summed E-state index contributed by atoms with van der Waals surface area (Å²) < 4.78 is 19.5. The molecule has 0 aliphatic rings. The van der Waals surface area contributed by atoms with E-state index in [4.69, 9.17) is 12.9 Å². The molecule has 39 heavy (non-hydrogen) atoms. The molecule has 1 aromatic heterocycles. The van der Waals surface area contributed by atoms with Crippen molar-refractivity contribution in [2.75, 3.05) is 6.61 Å². The van der Waals surface area contributed by atoms with Crippen LogP contribution in [-0.2, 0) is 37.5 Å². The number of hydrogen-bond donors (Lipinski definition) is 1. The van der Waals surface area contributed by atoms with Gasteiger partial charge in [-0.1, -0.05) is 72.7 Å². The molecule has 0 saturated heterocycles. The van der Waals surface area contributed by atoms with Crippen LogP contribution in [0, 0.1) is 6.92 Å². The van der Waals surface area contributed by atoms with E-state index < -0.39 is 8.24 Å². The highest BCUT2D eigenvalue weighted by molar-refractivity contribution is 7.31. The van der Waals surface area contributed by atoms with Crippen LogP contribution in [0.1, 0.15) is 93.8 Å². The second-order valence-electron chi connectivity index (χ2n) is 11.6. The summed E-state index contributed by atoms with van der Waals surface area (Å²) in [6.45, 7) is 17.7. The Kier molecular flexibility index (Phi) is 9.19. The minimum Gasteiger partial charge on any atom is -0.507 e. The molecule has 1 heterocycles. The minimum absolute atomic E-state index is 0.114. The lowest BCUT2D eigenvalue weighted by molar-refractivity contribution is 0.364. The van der Waals surface area contributed by atoms with Crippen LogP contribution in [0.2, 0.25) is 0 Å². The topological polar surface area (TPSA) is 55.7 Å². The largest absolute Gasteiger partial charge is 0.507 e. The Morgan fingerprint density at radius 1 is 0.744 bits per heavy atom. The lowest BCUT2D eigenvalue weighted by Crippen LogP contribution is -2.12. The van der Waals surface area contributed by atoms with Crippen LogP contribution in [0.5, 0.6) is 5.75 Å².